The van der Waals surface area contributed by atoms with Gasteiger partial charge in [-0.1, -0.05) is 89.3 Å². The lowest BCUT2D eigenvalue weighted by Crippen LogP contribution is -2.34. The van der Waals surface area contributed by atoms with E-state index < -0.39 is 26.4 Å². The Morgan fingerprint density at radius 1 is 0.932 bits per heavy atom. The third-order valence-electron chi connectivity index (χ3n) is 6.82. The molecule has 0 aliphatic rings. The Labute approximate surface area is 258 Å². The highest BCUT2D eigenvalue weighted by molar-refractivity contribution is 7.55. The van der Waals surface area contributed by atoms with Crippen LogP contribution < -0.4 is 14.8 Å². The summed E-state index contributed by atoms with van der Waals surface area (Å²) >= 11 is 0. The van der Waals surface area contributed by atoms with Gasteiger partial charge in [0.2, 0.25) is 5.91 Å². The van der Waals surface area contributed by atoms with E-state index in [-0.39, 0.29) is 18.3 Å². The molecule has 0 saturated carbocycles. The van der Waals surface area contributed by atoms with Crippen molar-refractivity contribution in [3.63, 3.8) is 0 Å². The van der Waals surface area contributed by atoms with Crippen LogP contribution in [-0.4, -0.2) is 39.5 Å². The number of benzene rings is 1. The third kappa shape index (κ3) is 18.7. The van der Waals surface area contributed by atoms with Crippen molar-refractivity contribution in [3.05, 3.63) is 65.7 Å². The fourth-order valence-electron chi connectivity index (χ4n) is 4.53. The number of amides is 1. The number of alkyl halides is 3. The number of hydrogen-bond acceptors (Lipinski definition) is 5. The van der Waals surface area contributed by atoms with Gasteiger partial charge >= 0.3 is 13.8 Å². The van der Waals surface area contributed by atoms with E-state index in [1.54, 1.807) is 24.3 Å². The lowest BCUT2D eigenvalue weighted by atomic mass is 10.0. The van der Waals surface area contributed by atoms with Crippen LogP contribution >= 0.6 is 7.60 Å². The molecule has 2 aromatic rings. The summed E-state index contributed by atoms with van der Waals surface area (Å²) in [6.07, 6.45) is 11.8. The van der Waals surface area contributed by atoms with Gasteiger partial charge in [0.1, 0.15) is 18.1 Å². The van der Waals surface area contributed by atoms with Crippen LogP contribution in [0.15, 0.2) is 54.5 Å². The molecule has 3 N–H and O–H groups in total. The summed E-state index contributed by atoms with van der Waals surface area (Å²) in [6, 6.07) is 9.00. The number of nitrogens with zero attached hydrogens (tertiary/aromatic N) is 1. The van der Waals surface area contributed by atoms with Gasteiger partial charge in [0, 0.05) is 24.5 Å². The SMILES string of the molecule is CCCCCCCCCCCCCC(=O)NC(C=CP(=O)(O)O)Cc1ccc(OCc2cc(OCC(F)(F)F)ccn2)cc1. The largest absolute Gasteiger partial charge is 0.487 e. The minimum atomic E-state index is -4.44. The van der Waals surface area contributed by atoms with Crippen molar-refractivity contribution in [1.82, 2.24) is 10.3 Å². The molecule has 12 heteroatoms. The van der Waals surface area contributed by atoms with Gasteiger partial charge in [0.15, 0.2) is 6.61 Å². The molecule has 1 heterocycles. The topological polar surface area (TPSA) is 118 Å². The second kappa shape index (κ2) is 20.2. The molecule has 8 nitrogen and oxygen atoms in total. The van der Waals surface area contributed by atoms with Crippen molar-refractivity contribution in [3.8, 4) is 11.5 Å². The number of rotatable bonds is 22. The van der Waals surface area contributed by atoms with Gasteiger partial charge < -0.3 is 24.6 Å². The predicted molar refractivity (Wildman–Crippen MR) is 164 cm³/mol. The van der Waals surface area contributed by atoms with Crippen LogP contribution in [0.1, 0.15) is 95.2 Å². The summed E-state index contributed by atoms with van der Waals surface area (Å²) in [5, 5.41) is 2.87. The van der Waals surface area contributed by atoms with Gasteiger partial charge in [-0.25, -0.2) is 0 Å². The van der Waals surface area contributed by atoms with E-state index in [9.17, 15) is 32.3 Å². The van der Waals surface area contributed by atoms with Crippen molar-refractivity contribution < 1.29 is 41.8 Å². The number of carbonyl (C=O) groups excluding carboxylic acids is 1. The molecule has 0 aliphatic carbocycles. The molecule has 0 radical (unpaired) electrons. The normalized spacial score (nSPS) is 12.8. The number of unbranched alkanes of at least 4 members (excludes halogenated alkanes) is 10. The summed E-state index contributed by atoms with van der Waals surface area (Å²) in [7, 11) is -4.40. The number of pyridine rings is 1. The van der Waals surface area contributed by atoms with Crippen LogP contribution in [0.25, 0.3) is 0 Å². The molecule has 1 amide bonds. The molecule has 0 spiro atoms. The van der Waals surface area contributed by atoms with Crippen LogP contribution in [0.5, 0.6) is 11.5 Å². The molecular formula is C32H46F3N2O6P. The minimum Gasteiger partial charge on any atom is -0.487 e. The zero-order valence-corrected chi connectivity index (χ0v) is 26.3. The summed E-state index contributed by atoms with van der Waals surface area (Å²) in [6.45, 7) is 0.822. The first-order chi connectivity index (χ1) is 20.9. The van der Waals surface area contributed by atoms with Crippen molar-refractivity contribution in [1.29, 1.82) is 0 Å². The number of hydrogen-bond donors (Lipinski definition) is 3. The number of aromatic nitrogens is 1. The maximum absolute atomic E-state index is 12.6. The number of nitrogens with one attached hydrogen (secondary N) is 1. The van der Waals surface area contributed by atoms with Gasteiger partial charge in [-0.3, -0.25) is 14.3 Å². The first-order valence-electron chi connectivity index (χ1n) is 15.3. The molecule has 1 unspecified atom stereocenters. The molecule has 0 bridgehead atoms. The maximum atomic E-state index is 12.6. The van der Waals surface area contributed by atoms with Gasteiger partial charge in [-0.05, 0) is 36.6 Å². The zero-order chi connectivity index (χ0) is 32.3. The molecule has 1 atom stereocenters. The van der Waals surface area contributed by atoms with Crippen molar-refractivity contribution in [2.75, 3.05) is 6.61 Å². The molecule has 0 aliphatic heterocycles. The van der Waals surface area contributed by atoms with Crippen LogP contribution in [0.4, 0.5) is 13.2 Å². The molecule has 44 heavy (non-hydrogen) atoms. The number of carbonyl (C=O) groups is 1. The molecule has 0 fully saturated rings. The lowest BCUT2D eigenvalue weighted by Gasteiger charge is -2.16. The van der Waals surface area contributed by atoms with E-state index in [0.717, 1.165) is 30.6 Å². The molecule has 2 rings (SSSR count). The van der Waals surface area contributed by atoms with Crippen LogP contribution in [0, 0.1) is 0 Å². The molecule has 1 aromatic carbocycles. The highest BCUT2D eigenvalue weighted by Crippen LogP contribution is 2.36. The summed E-state index contributed by atoms with van der Waals surface area (Å²) in [4.78, 5) is 35.2. The van der Waals surface area contributed by atoms with Crippen LogP contribution in [-0.2, 0) is 22.4 Å². The fourth-order valence-corrected chi connectivity index (χ4v) is 4.97. The van der Waals surface area contributed by atoms with Crippen LogP contribution in [0.2, 0.25) is 0 Å². The van der Waals surface area contributed by atoms with E-state index >= 15 is 0 Å². The van der Waals surface area contributed by atoms with Crippen molar-refractivity contribution in [2.45, 2.75) is 109 Å². The lowest BCUT2D eigenvalue weighted by molar-refractivity contribution is -0.153. The Kier molecular flexibility index (Phi) is 17.1. The number of ether oxygens (including phenoxy) is 2. The Balaban J connectivity index is 1.79. The average molecular weight is 643 g/mol. The highest BCUT2D eigenvalue weighted by Gasteiger charge is 2.28. The molecule has 1 aromatic heterocycles. The Morgan fingerprint density at radius 3 is 2.14 bits per heavy atom. The summed E-state index contributed by atoms with van der Waals surface area (Å²) in [5.41, 5.74) is 1.19. The summed E-state index contributed by atoms with van der Waals surface area (Å²) in [5.74, 6) is 1.15. The Hall–Kier alpha value is -2.88. The van der Waals surface area contributed by atoms with Gasteiger partial charge in [-0.2, -0.15) is 13.2 Å². The molecule has 246 valence electrons. The highest BCUT2D eigenvalue weighted by atomic mass is 31.2. The van der Waals surface area contributed by atoms with E-state index in [2.05, 4.69) is 17.2 Å². The Morgan fingerprint density at radius 2 is 1.55 bits per heavy atom. The van der Waals surface area contributed by atoms with E-state index in [1.165, 1.54) is 75.8 Å². The second-order valence-electron chi connectivity index (χ2n) is 10.9. The standard InChI is InChI=1S/C32H46F3N2O6P/c1-2-3-4-5-6-7-8-9-10-11-12-13-31(38)37-27(19-21-44(39,40)41)22-26-14-16-29(17-15-26)42-24-28-23-30(18-20-36-28)43-25-32(33,34)35/h14-21,23,27H,2-13,22,24-25H2,1H3,(H,37,38)(H2,39,40,41). The van der Waals surface area contributed by atoms with Crippen molar-refractivity contribution >= 4 is 13.5 Å². The quantitative estimate of drug-likeness (QED) is 0.0879. The summed E-state index contributed by atoms with van der Waals surface area (Å²) < 4.78 is 59.0. The fraction of sp³-hybridized carbons (Fsp3) is 0.562. The number of halogens is 3. The first kappa shape index (κ1) is 37.3. The monoisotopic (exact) mass is 642 g/mol. The van der Waals surface area contributed by atoms with E-state index in [0.29, 0.717) is 24.3 Å². The van der Waals surface area contributed by atoms with Crippen LogP contribution in [0.3, 0.4) is 0 Å². The Bertz CT molecular complexity index is 1170. The first-order valence-corrected chi connectivity index (χ1v) is 17.0. The smallest absolute Gasteiger partial charge is 0.422 e. The molecule has 0 saturated heterocycles. The molecular weight excluding hydrogens is 596 g/mol. The van der Waals surface area contributed by atoms with E-state index in [4.69, 9.17) is 9.47 Å². The third-order valence-corrected chi connectivity index (χ3v) is 7.38. The minimum absolute atomic E-state index is 0.00527. The van der Waals surface area contributed by atoms with Crippen molar-refractivity contribution in [2.24, 2.45) is 0 Å². The predicted octanol–water partition coefficient (Wildman–Crippen LogP) is 8.02. The average Bonchev–Trinajstić information content (AvgIpc) is 2.97. The van der Waals surface area contributed by atoms with E-state index in [1.807, 2.05) is 0 Å². The zero-order valence-electron chi connectivity index (χ0n) is 25.4. The van der Waals surface area contributed by atoms with Gasteiger partial charge in [0.25, 0.3) is 0 Å². The second-order valence-corrected chi connectivity index (χ2v) is 12.4. The maximum Gasteiger partial charge on any atom is 0.422 e. The van der Waals surface area contributed by atoms with Gasteiger partial charge in [-0.15, -0.1) is 0 Å². The van der Waals surface area contributed by atoms with Gasteiger partial charge in [0.05, 0.1) is 11.7 Å².